The Morgan fingerprint density at radius 1 is 1.08 bits per heavy atom. The molecule has 0 fully saturated rings. The molecule has 25 heavy (non-hydrogen) atoms. The number of rotatable bonds is 6. The Labute approximate surface area is 152 Å². The molecule has 3 aromatic rings. The molecule has 0 amide bonds. The topological polar surface area (TPSA) is 53.9 Å². The third kappa shape index (κ3) is 4.67. The monoisotopic (exact) mass is 353 g/mol. The number of likely N-dealkylation sites (N-methyl/N-ethyl adjacent to an activating group) is 1. The van der Waals surface area contributed by atoms with Crippen molar-refractivity contribution in [3.05, 3.63) is 71.1 Å². The Balaban J connectivity index is 1.68. The second-order valence-electron chi connectivity index (χ2n) is 5.85. The summed E-state index contributed by atoms with van der Waals surface area (Å²) in [5.74, 6) is 1.44. The lowest BCUT2D eigenvalue weighted by Gasteiger charge is -2.19. The summed E-state index contributed by atoms with van der Waals surface area (Å²) in [6.45, 7) is 2.86. The van der Waals surface area contributed by atoms with Gasteiger partial charge in [0.15, 0.2) is 0 Å². The van der Waals surface area contributed by atoms with E-state index in [0.717, 1.165) is 30.0 Å². The molecule has 1 N–H and O–H groups in total. The maximum atomic E-state index is 6.00. The van der Waals surface area contributed by atoms with Crippen LogP contribution in [0.2, 0.25) is 5.02 Å². The molecule has 0 aliphatic rings. The lowest BCUT2D eigenvalue weighted by molar-refractivity contribution is 0.855. The molecule has 2 aromatic heterocycles. The smallest absolute Gasteiger partial charge is 0.229 e. The minimum Gasteiger partial charge on any atom is -0.359 e. The number of pyridine rings is 1. The Morgan fingerprint density at radius 3 is 2.64 bits per heavy atom. The van der Waals surface area contributed by atoms with Crippen molar-refractivity contribution in [2.75, 3.05) is 23.8 Å². The molecule has 0 atom stereocenters. The van der Waals surface area contributed by atoms with E-state index >= 15 is 0 Å². The van der Waals surface area contributed by atoms with Crippen molar-refractivity contribution in [3.8, 4) is 0 Å². The molecule has 2 heterocycles. The van der Waals surface area contributed by atoms with Crippen molar-refractivity contribution in [2.45, 2.75) is 13.3 Å². The van der Waals surface area contributed by atoms with Crippen LogP contribution in [0.5, 0.6) is 0 Å². The first-order valence-electron chi connectivity index (χ1n) is 8.08. The molecule has 0 unspecified atom stereocenters. The van der Waals surface area contributed by atoms with Crippen molar-refractivity contribution in [2.24, 2.45) is 0 Å². The number of benzene rings is 1. The second-order valence-corrected chi connectivity index (χ2v) is 6.29. The average Bonchev–Trinajstić information content (AvgIpc) is 2.63. The van der Waals surface area contributed by atoms with E-state index in [0.29, 0.717) is 11.0 Å². The van der Waals surface area contributed by atoms with Crippen molar-refractivity contribution in [1.82, 2.24) is 15.0 Å². The zero-order chi connectivity index (χ0) is 17.6. The van der Waals surface area contributed by atoms with Gasteiger partial charge < -0.3 is 10.2 Å². The first kappa shape index (κ1) is 17.2. The van der Waals surface area contributed by atoms with Gasteiger partial charge in [0.25, 0.3) is 0 Å². The number of nitrogens with zero attached hydrogens (tertiary/aromatic N) is 4. The molecule has 0 saturated carbocycles. The van der Waals surface area contributed by atoms with Gasteiger partial charge in [-0.05, 0) is 60.9 Å². The minimum absolute atomic E-state index is 0.568. The van der Waals surface area contributed by atoms with Crippen LogP contribution in [0.15, 0.2) is 55.0 Å². The van der Waals surface area contributed by atoms with Gasteiger partial charge in [0.05, 0.1) is 0 Å². The lowest BCUT2D eigenvalue weighted by Crippen LogP contribution is -2.21. The number of aromatic nitrogens is 3. The van der Waals surface area contributed by atoms with Crippen molar-refractivity contribution < 1.29 is 0 Å². The van der Waals surface area contributed by atoms with Gasteiger partial charge in [0.1, 0.15) is 5.82 Å². The van der Waals surface area contributed by atoms with E-state index in [-0.39, 0.29) is 0 Å². The SMILES string of the molecule is Cc1cc(Cl)ccc1Nc1nccc(N(C)CCc2ccncc2)n1. The van der Waals surface area contributed by atoms with E-state index in [1.165, 1.54) is 5.56 Å². The van der Waals surface area contributed by atoms with Crippen LogP contribution in [0, 0.1) is 6.92 Å². The molecule has 1 aromatic carbocycles. The molecule has 0 saturated heterocycles. The fourth-order valence-corrected chi connectivity index (χ4v) is 2.70. The number of hydrogen-bond acceptors (Lipinski definition) is 5. The predicted octanol–water partition coefficient (Wildman–Crippen LogP) is 4.26. The van der Waals surface area contributed by atoms with Gasteiger partial charge in [0, 0.05) is 42.9 Å². The molecule has 0 bridgehead atoms. The Bertz CT molecular complexity index is 838. The first-order chi connectivity index (χ1) is 12.1. The van der Waals surface area contributed by atoms with Gasteiger partial charge in [-0.1, -0.05) is 11.6 Å². The summed E-state index contributed by atoms with van der Waals surface area (Å²) in [6, 6.07) is 11.7. The van der Waals surface area contributed by atoms with Gasteiger partial charge in [-0.15, -0.1) is 0 Å². The number of anilines is 3. The molecule has 6 heteroatoms. The van der Waals surface area contributed by atoms with E-state index in [2.05, 4.69) is 25.2 Å². The van der Waals surface area contributed by atoms with E-state index in [1.54, 1.807) is 6.20 Å². The van der Waals surface area contributed by atoms with E-state index < -0.39 is 0 Å². The zero-order valence-corrected chi connectivity index (χ0v) is 15.0. The lowest BCUT2D eigenvalue weighted by atomic mass is 10.2. The van der Waals surface area contributed by atoms with Gasteiger partial charge >= 0.3 is 0 Å². The molecule has 0 radical (unpaired) electrons. The maximum absolute atomic E-state index is 6.00. The molecule has 0 spiro atoms. The highest BCUT2D eigenvalue weighted by Crippen LogP contribution is 2.22. The second kappa shape index (κ2) is 7.94. The van der Waals surface area contributed by atoms with Crippen LogP contribution in [-0.2, 0) is 6.42 Å². The summed E-state index contributed by atoms with van der Waals surface area (Å²) in [5, 5.41) is 3.97. The normalized spacial score (nSPS) is 10.5. The van der Waals surface area contributed by atoms with Crippen LogP contribution in [-0.4, -0.2) is 28.5 Å². The van der Waals surface area contributed by atoms with Crippen LogP contribution >= 0.6 is 11.6 Å². The third-order valence-corrected chi connectivity index (χ3v) is 4.19. The summed E-state index contributed by atoms with van der Waals surface area (Å²) < 4.78 is 0. The highest BCUT2D eigenvalue weighted by molar-refractivity contribution is 6.30. The molecule has 0 aliphatic carbocycles. The average molecular weight is 354 g/mol. The molecular weight excluding hydrogens is 334 g/mol. The van der Waals surface area contributed by atoms with Gasteiger partial charge in [-0.2, -0.15) is 4.98 Å². The number of nitrogens with one attached hydrogen (secondary N) is 1. The fourth-order valence-electron chi connectivity index (χ4n) is 2.47. The number of halogens is 1. The van der Waals surface area contributed by atoms with E-state index in [9.17, 15) is 0 Å². The summed E-state index contributed by atoms with van der Waals surface area (Å²) in [5.41, 5.74) is 3.25. The zero-order valence-electron chi connectivity index (χ0n) is 14.3. The molecular formula is C19H20ClN5. The summed E-state index contributed by atoms with van der Waals surface area (Å²) in [7, 11) is 2.03. The van der Waals surface area contributed by atoms with Crippen molar-refractivity contribution >= 4 is 29.1 Å². The molecule has 5 nitrogen and oxygen atoms in total. The van der Waals surface area contributed by atoms with Crippen LogP contribution in [0.4, 0.5) is 17.5 Å². The van der Waals surface area contributed by atoms with E-state index in [1.807, 2.05) is 62.8 Å². The van der Waals surface area contributed by atoms with Crippen molar-refractivity contribution in [3.63, 3.8) is 0 Å². The van der Waals surface area contributed by atoms with Crippen LogP contribution in [0.1, 0.15) is 11.1 Å². The quantitative estimate of drug-likeness (QED) is 0.717. The fraction of sp³-hybridized carbons (Fsp3) is 0.211. The highest BCUT2D eigenvalue weighted by Gasteiger charge is 2.07. The summed E-state index contributed by atoms with van der Waals surface area (Å²) in [4.78, 5) is 15.1. The third-order valence-electron chi connectivity index (χ3n) is 3.95. The number of hydrogen-bond donors (Lipinski definition) is 1. The summed E-state index contributed by atoms with van der Waals surface area (Å²) in [6.07, 6.45) is 6.33. The Morgan fingerprint density at radius 2 is 1.88 bits per heavy atom. The molecule has 0 aliphatic heterocycles. The number of aryl methyl sites for hydroxylation is 1. The highest BCUT2D eigenvalue weighted by atomic mass is 35.5. The predicted molar refractivity (Wildman–Crippen MR) is 103 cm³/mol. The largest absolute Gasteiger partial charge is 0.359 e. The Kier molecular flexibility index (Phi) is 5.46. The van der Waals surface area contributed by atoms with Gasteiger partial charge in [-0.25, -0.2) is 4.98 Å². The van der Waals surface area contributed by atoms with Crippen LogP contribution < -0.4 is 10.2 Å². The Hall–Kier alpha value is -2.66. The van der Waals surface area contributed by atoms with Gasteiger partial charge in [-0.3, -0.25) is 4.98 Å². The molecule has 128 valence electrons. The van der Waals surface area contributed by atoms with Crippen LogP contribution in [0.25, 0.3) is 0 Å². The summed E-state index contributed by atoms with van der Waals surface area (Å²) >= 11 is 6.00. The maximum Gasteiger partial charge on any atom is 0.229 e. The van der Waals surface area contributed by atoms with Crippen LogP contribution in [0.3, 0.4) is 0 Å². The standard InChI is InChI=1S/C19H20ClN5/c1-14-13-16(20)3-4-17(14)23-19-22-11-7-18(24-19)25(2)12-8-15-5-9-21-10-6-15/h3-7,9-11,13H,8,12H2,1-2H3,(H,22,23,24). The van der Waals surface area contributed by atoms with Gasteiger partial charge in [0.2, 0.25) is 5.95 Å². The first-order valence-corrected chi connectivity index (χ1v) is 8.46. The minimum atomic E-state index is 0.568. The van der Waals surface area contributed by atoms with Crippen molar-refractivity contribution in [1.29, 1.82) is 0 Å². The van der Waals surface area contributed by atoms with E-state index in [4.69, 9.17) is 11.6 Å². The molecule has 3 rings (SSSR count).